The molecule has 1 heterocycles. The number of hydrogen-bond acceptors (Lipinski definition) is 8. The van der Waals surface area contributed by atoms with Gasteiger partial charge in [-0.1, -0.05) is 13.8 Å². The Morgan fingerprint density at radius 1 is 1.24 bits per heavy atom. The van der Waals surface area contributed by atoms with E-state index in [0.29, 0.717) is 4.31 Å². The van der Waals surface area contributed by atoms with Crippen LogP contribution in [-0.4, -0.2) is 72.2 Å². The summed E-state index contributed by atoms with van der Waals surface area (Å²) in [6.45, 7) is 10.4. The minimum Gasteiger partial charge on any atom is -0.464 e. The lowest BCUT2D eigenvalue weighted by molar-refractivity contribution is -0.150. The number of nitrogens with one attached hydrogen (secondary N) is 1. The molecule has 9 nitrogen and oxygen atoms in total. The van der Waals surface area contributed by atoms with Gasteiger partial charge < -0.3 is 14.8 Å². The zero-order chi connectivity index (χ0) is 22.4. The first-order chi connectivity index (χ1) is 13.3. The number of carbonyl (C=O) groups excluding carboxylic acids is 3. The molecule has 11 heteroatoms. The van der Waals surface area contributed by atoms with E-state index in [1.165, 1.54) is 11.8 Å². The molecule has 0 aliphatic carbocycles. The fraction of sp³-hybridized carbons (Fsp3) is 0.833. The van der Waals surface area contributed by atoms with Crippen molar-refractivity contribution < 1.29 is 32.3 Å². The maximum absolute atomic E-state index is 13.3. The Balaban J connectivity index is 3.24. The van der Waals surface area contributed by atoms with Crippen LogP contribution < -0.4 is 5.32 Å². The van der Waals surface area contributed by atoms with E-state index >= 15 is 0 Å². The van der Waals surface area contributed by atoms with E-state index in [1.807, 2.05) is 13.8 Å². The summed E-state index contributed by atoms with van der Waals surface area (Å²) >= 11 is 1.26. The van der Waals surface area contributed by atoms with Gasteiger partial charge in [-0.15, -0.1) is 0 Å². The number of thioether (sulfide) groups is 1. The highest BCUT2D eigenvalue weighted by atomic mass is 32.2. The molecule has 0 aromatic rings. The van der Waals surface area contributed by atoms with Crippen LogP contribution in [0.3, 0.4) is 0 Å². The molecule has 0 radical (unpaired) electrons. The summed E-state index contributed by atoms with van der Waals surface area (Å²) in [5.74, 6) is -1.57. The monoisotopic (exact) mass is 452 g/mol. The number of sulfonamides is 1. The fourth-order valence-electron chi connectivity index (χ4n) is 2.71. The van der Waals surface area contributed by atoms with Crippen LogP contribution in [0.5, 0.6) is 0 Å². The van der Waals surface area contributed by atoms with Gasteiger partial charge in [-0.2, -0.15) is 11.8 Å². The van der Waals surface area contributed by atoms with E-state index in [9.17, 15) is 22.8 Å². The molecule has 168 valence electrons. The van der Waals surface area contributed by atoms with Gasteiger partial charge in [0.1, 0.15) is 11.6 Å². The largest absolute Gasteiger partial charge is 0.464 e. The lowest BCUT2D eigenvalue weighted by atomic mass is 10.0. The van der Waals surface area contributed by atoms with Crippen molar-refractivity contribution in [3.8, 4) is 0 Å². The molecule has 1 saturated heterocycles. The van der Waals surface area contributed by atoms with Gasteiger partial charge in [0.05, 0.1) is 12.4 Å². The van der Waals surface area contributed by atoms with Crippen molar-refractivity contribution in [1.29, 1.82) is 0 Å². The number of hydrogen-bond donors (Lipinski definition) is 1. The molecule has 0 saturated carbocycles. The number of carbonyl (C=O) groups is 3. The second-order valence-corrected chi connectivity index (χ2v) is 11.2. The summed E-state index contributed by atoms with van der Waals surface area (Å²) in [6, 6.07) is -2.42. The molecule has 0 bridgehead atoms. The molecule has 1 rings (SSSR count). The zero-order valence-corrected chi connectivity index (χ0v) is 19.5. The first-order valence-electron chi connectivity index (χ1n) is 9.58. The minimum atomic E-state index is -4.05. The van der Waals surface area contributed by atoms with Gasteiger partial charge in [0.25, 0.3) is 5.91 Å². The van der Waals surface area contributed by atoms with E-state index in [1.54, 1.807) is 27.7 Å². The van der Waals surface area contributed by atoms with E-state index in [0.717, 1.165) is 0 Å². The molecular weight excluding hydrogens is 420 g/mol. The van der Waals surface area contributed by atoms with Crippen molar-refractivity contribution in [3.63, 3.8) is 0 Å². The van der Waals surface area contributed by atoms with Gasteiger partial charge >= 0.3 is 12.1 Å². The van der Waals surface area contributed by atoms with Gasteiger partial charge in [0, 0.05) is 11.5 Å². The normalized spacial score (nSPS) is 20.5. The summed E-state index contributed by atoms with van der Waals surface area (Å²) in [4.78, 5) is 37.9. The average Bonchev–Trinajstić information content (AvgIpc) is 2.69. The second kappa shape index (κ2) is 10.5. The second-order valence-electron chi connectivity index (χ2n) is 8.12. The fourth-order valence-corrected chi connectivity index (χ4v) is 5.94. The number of esters is 1. The average molecular weight is 453 g/mol. The van der Waals surface area contributed by atoms with Gasteiger partial charge in [-0.3, -0.25) is 4.79 Å². The van der Waals surface area contributed by atoms with Crippen molar-refractivity contribution in [2.75, 3.05) is 23.9 Å². The van der Waals surface area contributed by atoms with Crippen LogP contribution in [0.15, 0.2) is 0 Å². The van der Waals surface area contributed by atoms with Crippen molar-refractivity contribution in [2.45, 2.75) is 65.6 Å². The quantitative estimate of drug-likeness (QED) is 0.606. The third-order valence-electron chi connectivity index (χ3n) is 3.82. The van der Waals surface area contributed by atoms with Gasteiger partial charge in [0.2, 0.25) is 10.0 Å². The maximum atomic E-state index is 13.3. The molecule has 1 aliphatic rings. The first-order valence-corrected chi connectivity index (χ1v) is 12.3. The van der Waals surface area contributed by atoms with Crippen LogP contribution in [0.1, 0.15) is 48.0 Å². The van der Waals surface area contributed by atoms with Crippen LogP contribution in [0.4, 0.5) is 4.79 Å². The third kappa shape index (κ3) is 8.04. The predicted molar refractivity (Wildman–Crippen MR) is 111 cm³/mol. The Bertz CT molecular complexity index is 701. The van der Waals surface area contributed by atoms with Crippen molar-refractivity contribution in [3.05, 3.63) is 0 Å². The highest BCUT2D eigenvalue weighted by molar-refractivity contribution is 8.01. The Hall–Kier alpha value is -1.49. The summed E-state index contributed by atoms with van der Waals surface area (Å²) in [7, 11) is -4.05. The van der Waals surface area contributed by atoms with Crippen molar-refractivity contribution in [2.24, 2.45) is 5.92 Å². The van der Waals surface area contributed by atoms with Crippen LogP contribution in [0.2, 0.25) is 0 Å². The number of nitrogens with zero attached hydrogens (tertiary/aromatic N) is 1. The summed E-state index contributed by atoms with van der Waals surface area (Å²) in [5, 5.41) is 2.48. The smallest absolute Gasteiger partial charge is 0.408 e. The molecule has 0 spiro atoms. The Morgan fingerprint density at radius 3 is 2.38 bits per heavy atom. The molecule has 0 aromatic heterocycles. The van der Waals surface area contributed by atoms with Crippen LogP contribution in [0.25, 0.3) is 0 Å². The number of amides is 2. The topological polar surface area (TPSA) is 119 Å². The molecule has 1 aliphatic heterocycles. The number of alkyl carbamates (subject to hydrolysis) is 1. The molecule has 29 heavy (non-hydrogen) atoms. The summed E-state index contributed by atoms with van der Waals surface area (Å²) in [5.41, 5.74) is -0.783. The van der Waals surface area contributed by atoms with Crippen LogP contribution in [-0.2, 0) is 29.1 Å². The third-order valence-corrected chi connectivity index (χ3v) is 6.87. The van der Waals surface area contributed by atoms with Gasteiger partial charge in [-0.05, 0) is 40.0 Å². The first kappa shape index (κ1) is 25.5. The number of ether oxygens (including phenoxy) is 2. The molecule has 2 atom stereocenters. The summed E-state index contributed by atoms with van der Waals surface area (Å²) < 4.78 is 36.4. The highest BCUT2D eigenvalue weighted by Crippen LogP contribution is 2.23. The van der Waals surface area contributed by atoms with Crippen LogP contribution in [0, 0.1) is 5.92 Å². The highest BCUT2D eigenvalue weighted by Gasteiger charge is 2.44. The SMILES string of the molecule is CCOC(=O)C1CSCCS(=O)(=O)N1C(=O)C(CC(C)C)NC(=O)OC(C)(C)C. The minimum absolute atomic E-state index is 0.0241. The van der Waals surface area contributed by atoms with Gasteiger partial charge in [0.15, 0.2) is 6.04 Å². The van der Waals surface area contributed by atoms with E-state index in [4.69, 9.17) is 9.47 Å². The molecule has 1 N–H and O–H groups in total. The lowest BCUT2D eigenvalue weighted by Gasteiger charge is -2.31. The molecular formula is C18H32N2O7S2. The van der Waals surface area contributed by atoms with Crippen molar-refractivity contribution >= 4 is 39.8 Å². The van der Waals surface area contributed by atoms with Gasteiger partial charge in [-0.25, -0.2) is 22.3 Å². The molecule has 1 fully saturated rings. The molecule has 0 aromatic carbocycles. The Labute approximate surface area is 177 Å². The zero-order valence-electron chi connectivity index (χ0n) is 17.9. The van der Waals surface area contributed by atoms with Crippen molar-refractivity contribution in [1.82, 2.24) is 9.62 Å². The Kier molecular flexibility index (Phi) is 9.26. The Morgan fingerprint density at radius 2 is 1.86 bits per heavy atom. The number of rotatable bonds is 6. The summed E-state index contributed by atoms with van der Waals surface area (Å²) in [6.07, 6.45) is -0.641. The van der Waals surface area contributed by atoms with E-state index in [-0.39, 0.29) is 36.2 Å². The molecule has 2 unspecified atom stereocenters. The maximum Gasteiger partial charge on any atom is 0.408 e. The van der Waals surface area contributed by atoms with E-state index < -0.39 is 45.7 Å². The standard InChI is InChI=1S/C18H32N2O7S2/c1-7-26-16(22)14-11-28-8-9-29(24,25)20(14)15(21)13(10-12(2)3)19-17(23)27-18(4,5)6/h12-14H,7-11H2,1-6H3,(H,19,23). The van der Waals surface area contributed by atoms with Crippen LogP contribution >= 0.6 is 11.8 Å². The molecule has 2 amide bonds. The lowest BCUT2D eigenvalue weighted by Crippen LogP contribution is -2.57. The van der Waals surface area contributed by atoms with E-state index in [2.05, 4.69) is 5.32 Å². The predicted octanol–water partition coefficient (Wildman–Crippen LogP) is 1.76.